The molecule has 0 radical (unpaired) electrons. The van der Waals surface area contributed by atoms with E-state index in [9.17, 15) is 0 Å². The first-order valence-electron chi connectivity index (χ1n) is 5.12. The average molecular weight is 239 g/mol. The van der Waals surface area contributed by atoms with Crippen molar-refractivity contribution in [2.24, 2.45) is 7.05 Å². The number of nitrogens with one attached hydrogen (secondary N) is 1. The molecule has 0 saturated carbocycles. The van der Waals surface area contributed by atoms with E-state index < -0.39 is 5.54 Å². The van der Waals surface area contributed by atoms with E-state index in [1.807, 2.05) is 32.4 Å². The number of nitriles is 1. The van der Waals surface area contributed by atoms with Crippen LogP contribution in [-0.4, -0.2) is 32.1 Å². The maximum Gasteiger partial charge on any atom is 0.190 e. The van der Waals surface area contributed by atoms with Crippen LogP contribution in [0.4, 0.5) is 0 Å². The highest BCUT2D eigenvalue weighted by atomic mass is 32.2. The van der Waals surface area contributed by atoms with Crippen LogP contribution in [0.2, 0.25) is 0 Å². The van der Waals surface area contributed by atoms with Crippen molar-refractivity contribution in [2.75, 3.05) is 5.75 Å². The highest BCUT2D eigenvalue weighted by molar-refractivity contribution is 7.99. The Kier molecular flexibility index (Phi) is 4.33. The number of hydrogen-bond acceptors (Lipinski definition) is 5. The van der Waals surface area contributed by atoms with Crippen LogP contribution in [0, 0.1) is 11.3 Å². The van der Waals surface area contributed by atoms with Gasteiger partial charge < -0.3 is 4.57 Å². The maximum absolute atomic E-state index is 9.16. The average Bonchev–Trinajstić information content (AvgIpc) is 2.60. The van der Waals surface area contributed by atoms with Gasteiger partial charge in [-0.3, -0.25) is 5.32 Å². The zero-order valence-electron chi connectivity index (χ0n) is 10.1. The molecule has 6 heteroatoms. The van der Waals surface area contributed by atoms with Crippen LogP contribution in [-0.2, 0) is 7.05 Å². The fraction of sp³-hybridized carbons (Fsp3) is 0.700. The van der Waals surface area contributed by atoms with Crippen LogP contribution >= 0.6 is 11.8 Å². The van der Waals surface area contributed by atoms with Gasteiger partial charge in [-0.25, -0.2) is 0 Å². The van der Waals surface area contributed by atoms with Crippen molar-refractivity contribution >= 4 is 11.8 Å². The first kappa shape index (κ1) is 13.0. The molecule has 0 saturated heterocycles. The molecule has 0 amide bonds. The van der Waals surface area contributed by atoms with Crippen molar-refractivity contribution in [3.63, 3.8) is 0 Å². The molecule has 1 rings (SSSR count). The number of hydrogen-bond donors (Lipinski definition) is 1. The van der Waals surface area contributed by atoms with Gasteiger partial charge >= 0.3 is 0 Å². The summed E-state index contributed by atoms with van der Waals surface area (Å²) in [4.78, 5) is 0. The molecule has 0 aliphatic heterocycles. The van der Waals surface area contributed by atoms with Crippen molar-refractivity contribution in [1.82, 2.24) is 20.1 Å². The zero-order chi connectivity index (χ0) is 12.2. The Morgan fingerprint density at radius 1 is 1.69 bits per heavy atom. The molecular weight excluding hydrogens is 222 g/mol. The molecule has 1 heterocycles. The molecule has 1 unspecified atom stereocenters. The van der Waals surface area contributed by atoms with Gasteiger partial charge in [-0.2, -0.15) is 5.26 Å². The number of rotatable bonds is 5. The fourth-order valence-electron chi connectivity index (χ4n) is 1.36. The lowest BCUT2D eigenvalue weighted by atomic mass is 10.1. The molecule has 5 nitrogen and oxygen atoms in total. The highest BCUT2D eigenvalue weighted by Gasteiger charge is 2.25. The molecule has 1 aromatic heterocycles. The van der Waals surface area contributed by atoms with Crippen molar-refractivity contribution in [3.8, 4) is 6.07 Å². The maximum atomic E-state index is 9.16. The van der Waals surface area contributed by atoms with Gasteiger partial charge in [0, 0.05) is 18.8 Å². The predicted molar refractivity (Wildman–Crippen MR) is 64.0 cm³/mol. The minimum Gasteiger partial charge on any atom is -0.312 e. The molecule has 0 spiro atoms. The van der Waals surface area contributed by atoms with Gasteiger partial charge in [0.2, 0.25) is 0 Å². The minimum absolute atomic E-state index is 0.282. The second-order valence-corrected chi connectivity index (χ2v) is 5.20. The summed E-state index contributed by atoms with van der Waals surface area (Å²) in [6, 6.07) is 2.58. The number of thioether (sulfide) groups is 1. The van der Waals surface area contributed by atoms with Gasteiger partial charge in [0.05, 0.1) is 6.07 Å². The Labute approximate surface area is 100 Å². The third-order valence-electron chi connectivity index (χ3n) is 2.01. The third kappa shape index (κ3) is 3.51. The minimum atomic E-state index is -0.537. The Hall–Kier alpha value is -1.06. The van der Waals surface area contributed by atoms with E-state index in [2.05, 4.69) is 21.6 Å². The quantitative estimate of drug-likeness (QED) is 0.782. The van der Waals surface area contributed by atoms with Gasteiger partial charge in [-0.15, -0.1) is 10.2 Å². The first-order valence-corrected chi connectivity index (χ1v) is 6.11. The lowest BCUT2D eigenvalue weighted by Gasteiger charge is -2.25. The first-order chi connectivity index (χ1) is 7.47. The summed E-state index contributed by atoms with van der Waals surface area (Å²) in [6.07, 6.45) is 1.65. The lowest BCUT2D eigenvalue weighted by molar-refractivity contribution is 0.443. The van der Waals surface area contributed by atoms with E-state index in [0.717, 1.165) is 5.16 Å². The van der Waals surface area contributed by atoms with Gasteiger partial charge in [-0.05, 0) is 20.8 Å². The Morgan fingerprint density at radius 3 is 2.81 bits per heavy atom. The smallest absolute Gasteiger partial charge is 0.190 e. The highest BCUT2D eigenvalue weighted by Crippen LogP contribution is 2.20. The van der Waals surface area contributed by atoms with Gasteiger partial charge in [-0.1, -0.05) is 11.8 Å². The second-order valence-electron chi connectivity index (χ2n) is 4.26. The molecule has 1 aromatic rings. The molecule has 0 aliphatic rings. The largest absolute Gasteiger partial charge is 0.312 e. The van der Waals surface area contributed by atoms with E-state index in [-0.39, 0.29) is 6.04 Å². The molecule has 0 aliphatic carbocycles. The second kappa shape index (κ2) is 5.32. The van der Waals surface area contributed by atoms with Crippen molar-refractivity contribution in [3.05, 3.63) is 6.33 Å². The van der Waals surface area contributed by atoms with E-state index in [1.165, 1.54) is 11.8 Å². The fourth-order valence-corrected chi connectivity index (χ4v) is 2.28. The van der Waals surface area contributed by atoms with Gasteiger partial charge in [0.1, 0.15) is 11.9 Å². The summed E-state index contributed by atoms with van der Waals surface area (Å²) >= 11 is 1.53. The summed E-state index contributed by atoms with van der Waals surface area (Å²) in [5.41, 5.74) is -0.537. The van der Waals surface area contributed by atoms with Gasteiger partial charge in [0.25, 0.3) is 0 Å². The predicted octanol–water partition coefficient (Wildman–Crippen LogP) is 1.19. The number of nitrogens with zero attached hydrogens (tertiary/aromatic N) is 4. The van der Waals surface area contributed by atoms with Crippen LogP contribution in [0.1, 0.15) is 20.8 Å². The van der Waals surface area contributed by atoms with Crippen LogP contribution in [0.15, 0.2) is 11.5 Å². The Bertz CT molecular complexity index is 381. The van der Waals surface area contributed by atoms with Crippen molar-refractivity contribution < 1.29 is 0 Å². The summed E-state index contributed by atoms with van der Waals surface area (Å²) in [7, 11) is 1.89. The van der Waals surface area contributed by atoms with Gasteiger partial charge in [0.15, 0.2) is 5.16 Å². The molecule has 0 fully saturated rings. The molecule has 88 valence electrons. The SMILES string of the molecule is CC(C)NC(C)(C#N)CSc1nncn1C. The van der Waals surface area contributed by atoms with Crippen LogP contribution < -0.4 is 5.32 Å². The van der Waals surface area contributed by atoms with Crippen LogP contribution in [0.3, 0.4) is 0 Å². The lowest BCUT2D eigenvalue weighted by Crippen LogP contribution is -2.47. The molecule has 1 atom stereocenters. The summed E-state index contributed by atoms with van der Waals surface area (Å²) < 4.78 is 1.85. The van der Waals surface area contributed by atoms with Crippen molar-refractivity contribution in [2.45, 2.75) is 37.5 Å². The van der Waals surface area contributed by atoms with E-state index in [1.54, 1.807) is 6.33 Å². The molecular formula is C10H17N5S. The molecule has 16 heavy (non-hydrogen) atoms. The Balaban J connectivity index is 2.59. The topological polar surface area (TPSA) is 66.5 Å². The molecule has 0 bridgehead atoms. The Morgan fingerprint density at radius 2 is 2.38 bits per heavy atom. The molecule has 0 aromatic carbocycles. The number of aryl methyl sites for hydroxylation is 1. The van der Waals surface area contributed by atoms with Crippen molar-refractivity contribution in [1.29, 1.82) is 5.26 Å². The summed E-state index contributed by atoms with van der Waals surface area (Å²) in [5.74, 6) is 0.647. The third-order valence-corrected chi connectivity index (χ3v) is 3.36. The monoisotopic (exact) mass is 239 g/mol. The van der Waals surface area contributed by atoms with E-state index in [0.29, 0.717) is 5.75 Å². The summed E-state index contributed by atoms with van der Waals surface area (Å²) in [5, 5.41) is 21.0. The molecule has 1 N–H and O–H groups in total. The summed E-state index contributed by atoms with van der Waals surface area (Å²) in [6.45, 7) is 5.96. The number of aromatic nitrogens is 3. The normalized spacial score (nSPS) is 14.8. The van der Waals surface area contributed by atoms with E-state index >= 15 is 0 Å². The van der Waals surface area contributed by atoms with Crippen LogP contribution in [0.5, 0.6) is 0 Å². The van der Waals surface area contributed by atoms with E-state index in [4.69, 9.17) is 5.26 Å². The zero-order valence-corrected chi connectivity index (χ0v) is 10.9. The van der Waals surface area contributed by atoms with Crippen LogP contribution in [0.25, 0.3) is 0 Å². The standard InChI is InChI=1S/C10H17N5S/c1-8(2)13-10(3,5-11)6-16-9-14-12-7-15(9)4/h7-8,13H,6H2,1-4H3.